The van der Waals surface area contributed by atoms with Crippen molar-refractivity contribution >= 4 is 22.4 Å². The second-order valence-electron chi connectivity index (χ2n) is 5.96. The van der Waals surface area contributed by atoms with Gasteiger partial charge >= 0.3 is 0 Å². The molecule has 0 saturated heterocycles. The van der Waals surface area contributed by atoms with Crippen LogP contribution in [0.5, 0.6) is 0 Å². The second-order valence-corrected chi connectivity index (χ2v) is 7.05. The highest BCUT2D eigenvalue weighted by atomic mass is 32.1. The normalized spacial score (nSPS) is 16.2. The van der Waals surface area contributed by atoms with Crippen molar-refractivity contribution in [3.63, 3.8) is 0 Å². The molecule has 0 fully saturated rings. The highest BCUT2D eigenvalue weighted by molar-refractivity contribution is 7.15. The first-order valence-electron chi connectivity index (χ1n) is 7.58. The summed E-state index contributed by atoms with van der Waals surface area (Å²) in [6, 6.07) is 9.39. The van der Waals surface area contributed by atoms with Crippen molar-refractivity contribution in [3.8, 4) is 6.07 Å². The first-order chi connectivity index (χ1) is 11.1. The molecular weight excluding hydrogens is 308 g/mol. The summed E-state index contributed by atoms with van der Waals surface area (Å²) >= 11 is 1.54. The number of rotatable bonds is 4. The van der Waals surface area contributed by atoms with E-state index in [1.54, 1.807) is 24.3 Å². The Hall–Kier alpha value is -2.23. The Kier molecular flexibility index (Phi) is 4.42. The van der Waals surface area contributed by atoms with Crippen LogP contribution in [0.4, 0.5) is 5.13 Å². The number of aromatic nitrogens is 1. The Labute approximate surface area is 139 Å². The van der Waals surface area contributed by atoms with Crippen LogP contribution >= 0.6 is 11.3 Å². The summed E-state index contributed by atoms with van der Waals surface area (Å²) in [7, 11) is 0. The lowest BCUT2D eigenvalue weighted by Crippen LogP contribution is -2.19. The van der Waals surface area contributed by atoms with Crippen molar-refractivity contribution in [2.24, 2.45) is 5.92 Å². The Bertz CT molecular complexity index is 758. The molecule has 3 rings (SSSR count). The van der Waals surface area contributed by atoms with Gasteiger partial charge in [-0.1, -0.05) is 26.0 Å². The number of nitrogens with zero attached hydrogens (tertiary/aromatic N) is 2. The van der Waals surface area contributed by atoms with Crippen LogP contribution in [0.1, 0.15) is 41.6 Å². The van der Waals surface area contributed by atoms with Crippen molar-refractivity contribution in [1.82, 2.24) is 10.3 Å². The van der Waals surface area contributed by atoms with Crippen LogP contribution in [0.2, 0.25) is 0 Å². The maximum absolute atomic E-state index is 12.2. The van der Waals surface area contributed by atoms with Crippen LogP contribution in [-0.2, 0) is 17.8 Å². The number of hydrogen-bond acceptors (Lipinski definition) is 5. The molecule has 5 nitrogen and oxygen atoms in total. The minimum Gasteiger partial charge on any atom is -0.303 e. The van der Waals surface area contributed by atoms with Crippen LogP contribution in [-0.4, -0.2) is 10.9 Å². The van der Waals surface area contributed by atoms with E-state index < -0.39 is 0 Å². The molecule has 1 amide bonds. The zero-order valence-electron chi connectivity index (χ0n) is 13.1. The molecule has 1 aromatic heterocycles. The molecule has 118 valence electrons. The number of anilines is 1. The smallest absolute Gasteiger partial charge is 0.230 e. The van der Waals surface area contributed by atoms with Crippen LogP contribution in [0.3, 0.4) is 0 Å². The maximum Gasteiger partial charge on any atom is 0.230 e. The van der Waals surface area contributed by atoms with Gasteiger partial charge in [-0.2, -0.15) is 5.26 Å². The molecule has 1 aromatic carbocycles. The van der Waals surface area contributed by atoms with Gasteiger partial charge in [0.1, 0.15) is 0 Å². The highest BCUT2D eigenvalue weighted by Crippen LogP contribution is 2.35. The van der Waals surface area contributed by atoms with Gasteiger partial charge < -0.3 is 10.6 Å². The van der Waals surface area contributed by atoms with Gasteiger partial charge in [-0.3, -0.25) is 4.79 Å². The summed E-state index contributed by atoms with van der Waals surface area (Å²) in [6.45, 7) is 5.14. The fourth-order valence-electron chi connectivity index (χ4n) is 2.68. The number of nitriles is 1. The topological polar surface area (TPSA) is 77.8 Å². The molecule has 0 saturated carbocycles. The van der Waals surface area contributed by atoms with E-state index in [1.165, 1.54) is 16.2 Å². The molecule has 23 heavy (non-hydrogen) atoms. The molecule has 1 unspecified atom stereocenters. The third-order valence-electron chi connectivity index (χ3n) is 3.87. The molecule has 1 aliphatic rings. The van der Waals surface area contributed by atoms with Gasteiger partial charge in [0.15, 0.2) is 5.13 Å². The third-order valence-corrected chi connectivity index (χ3v) is 4.85. The predicted molar refractivity (Wildman–Crippen MR) is 90.0 cm³/mol. The van der Waals surface area contributed by atoms with Crippen LogP contribution in [0, 0.1) is 17.2 Å². The van der Waals surface area contributed by atoms with E-state index in [0.717, 1.165) is 17.8 Å². The van der Waals surface area contributed by atoms with E-state index in [1.807, 2.05) is 0 Å². The van der Waals surface area contributed by atoms with E-state index in [4.69, 9.17) is 5.26 Å². The summed E-state index contributed by atoms with van der Waals surface area (Å²) in [5, 5.41) is 15.8. The standard InChI is InChI=1S/C17H18N4OS/c1-10(2)15-16-13(9-19-15)23-17(21-16)20-14(22)7-11-3-5-12(8-18)6-4-11/h3-6,10,15,19H,7,9H2,1-2H3,(H,20,21,22). The van der Waals surface area contributed by atoms with Gasteiger partial charge in [0.05, 0.1) is 29.8 Å². The van der Waals surface area contributed by atoms with Crippen molar-refractivity contribution in [1.29, 1.82) is 5.26 Å². The van der Waals surface area contributed by atoms with E-state index >= 15 is 0 Å². The summed E-state index contributed by atoms with van der Waals surface area (Å²) in [6.07, 6.45) is 0.280. The van der Waals surface area contributed by atoms with E-state index in [-0.39, 0.29) is 18.4 Å². The van der Waals surface area contributed by atoms with E-state index in [2.05, 4.69) is 35.5 Å². The van der Waals surface area contributed by atoms with Crippen LogP contribution in [0.25, 0.3) is 0 Å². The Balaban J connectivity index is 1.64. The first kappa shape index (κ1) is 15.7. The van der Waals surface area contributed by atoms with Crippen molar-refractivity contribution < 1.29 is 4.79 Å². The largest absolute Gasteiger partial charge is 0.303 e. The number of carbonyl (C=O) groups is 1. The lowest BCUT2D eigenvalue weighted by atomic mass is 10.0. The van der Waals surface area contributed by atoms with E-state index in [9.17, 15) is 4.79 Å². The van der Waals surface area contributed by atoms with Gasteiger partial charge in [-0.05, 0) is 23.6 Å². The molecule has 0 radical (unpaired) electrons. The highest BCUT2D eigenvalue weighted by Gasteiger charge is 2.29. The summed E-state index contributed by atoms with van der Waals surface area (Å²) in [4.78, 5) is 17.9. The monoisotopic (exact) mass is 326 g/mol. The Morgan fingerprint density at radius 1 is 1.48 bits per heavy atom. The quantitative estimate of drug-likeness (QED) is 0.905. The zero-order valence-corrected chi connectivity index (χ0v) is 13.9. The molecule has 0 spiro atoms. The fraction of sp³-hybridized carbons (Fsp3) is 0.353. The lowest BCUT2D eigenvalue weighted by Gasteiger charge is -2.14. The Morgan fingerprint density at radius 3 is 2.87 bits per heavy atom. The number of benzene rings is 1. The molecular formula is C17H18N4OS. The lowest BCUT2D eigenvalue weighted by molar-refractivity contribution is -0.115. The SMILES string of the molecule is CC(C)C1NCc2sc(NC(=O)Cc3ccc(C#N)cc3)nc21. The molecule has 0 bridgehead atoms. The third kappa shape index (κ3) is 3.41. The Morgan fingerprint density at radius 2 is 2.22 bits per heavy atom. The molecule has 0 aliphatic carbocycles. The average molecular weight is 326 g/mol. The number of amides is 1. The van der Waals surface area contributed by atoms with Crippen molar-refractivity contribution in [2.45, 2.75) is 32.9 Å². The summed E-state index contributed by atoms with van der Waals surface area (Å²) < 4.78 is 0. The number of thiazole rings is 1. The average Bonchev–Trinajstić information content (AvgIpc) is 3.07. The van der Waals surface area contributed by atoms with Gasteiger partial charge in [-0.15, -0.1) is 11.3 Å². The zero-order chi connectivity index (χ0) is 16.4. The molecule has 2 aromatic rings. The summed E-state index contributed by atoms with van der Waals surface area (Å²) in [5.41, 5.74) is 2.55. The van der Waals surface area contributed by atoms with Crippen molar-refractivity contribution in [3.05, 3.63) is 46.0 Å². The molecule has 1 atom stereocenters. The fourth-order valence-corrected chi connectivity index (χ4v) is 3.66. The van der Waals surface area contributed by atoms with Gasteiger partial charge in [0.2, 0.25) is 5.91 Å². The van der Waals surface area contributed by atoms with Crippen LogP contribution < -0.4 is 10.6 Å². The first-order valence-corrected chi connectivity index (χ1v) is 8.40. The van der Waals surface area contributed by atoms with E-state index in [0.29, 0.717) is 16.6 Å². The summed E-state index contributed by atoms with van der Waals surface area (Å²) in [5.74, 6) is 0.386. The number of nitrogens with one attached hydrogen (secondary N) is 2. The van der Waals surface area contributed by atoms with Gasteiger partial charge in [0, 0.05) is 11.4 Å². The number of hydrogen-bond donors (Lipinski definition) is 2. The van der Waals surface area contributed by atoms with Crippen LogP contribution in [0.15, 0.2) is 24.3 Å². The number of carbonyl (C=O) groups excluding carboxylic acids is 1. The predicted octanol–water partition coefficient (Wildman–Crippen LogP) is 3.00. The molecule has 2 N–H and O–H groups in total. The van der Waals surface area contributed by atoms with Gasteiger partial charge in [-0.25, -0.2) is 4.98 Å². The van der Waals surface area contributed by atoms with Gasteiger partial charge in [0.25, 0.3) is 0 Å². The van der Waals surface area contributed by atoms with Crippen molar-refractivity contribution in [2.75, 3.05) is 5.32 Å². The molecule has 6 heteroatoms. The minimum absolute atomic E-state index is 0.0869. The minimum atomic E-state index is -0.0869. The second kappa shape index (κ2) is 6.49. The maximum atomic E-state index is 12.2. The molecule has 1 aliphatic heterocycles. The number of fused-ring (bicyclic) bond motifs is 1. The molecule has 2 heterocycles.